The molecule has 241 valence electrons. The van der Waals surface area contributed by atoms with Crippen LogP contribution in [0.15, 0.2) is 170 Å². The fraction of sp³-hybridized carbons (Fsp3) is 0. The summed E-state index contributed by atoms with van der Waals surface area (Å²) in [4.78, 5) is 16.0. The van der Waals surface area contributed by atoms with E-state index in [1.807, 2.05) is 48.6 Å². The predicted octanol–water partition coefficient (Wildman–Crippen LogP) is 8.10. The summed E-state index contributed by atoms with van der Waals surface area (Å²) in [5.74, 6) is 0. The molecule has 0 fully saturated rings. The molecule has 7 aromatic rings. The normalized spacial score (nSPS) is 12.2. The Kier molecular flexibility index (Phi) is 8.57. The predicted molar refractivity (Wildman–Crippen MR) is 203 cm³/mol. The van der Waals surface area contributed by atoms with Crippen molar-refractivity contribution in [3.05, 3.63) is 193 Å². The van der Waals surface area contributed by atoms with Crippen LogP contribution in [0.4, 0.5) is 0 Å². The second kappa shape index (κ2) is 13.8. The number of rotatable bonds is 4. The number of benzene rings is 4. The number of H-pyrrole nitrogens is 2. The molecule has 2 N–H and O–H groups in total. The number of aromatic nitrogens is 4. The van der Waals surface area contributed by atoms with E-state index < -0.39 is 17.1 Å². The number of nitrogens with one attached hydrogen (secondary N) is 2. The van der Waals surface area contributed by atoms with E-state index >= 15 is 0 Å². The Labute approximate surface area is 289 Å². The van der Waals surface area contributed by atoms with Crippen molar-refractivity contribution in [1.29, 1.82) is 0 Å². The number of nitrogens with zero attached hydrogens (tertiary/aromatic N) is 2. The van der Waals surface area contributed by atoms with Crippen LogP contribution < -0.4 is 15.1 Å². The molecule has 4 aromatic carbocycles. The molecule has 49 heavy (non-hydrogen) atoms. The minimum absolute atomic E-state index is 0.939. The zero-order valence-corrected chi connectivity index (χ0v) is 28.8. The average Bonchev–Trinajstić information content (AvgIpc) is 3.98. The van der Waals surface area contributed by atoms with E-state index in [1.54, 1.807) is 0 Å². The molecule has 2 aliphatic heterocycles. The van der Waals surface area contributed by atoms with Crippen molar-refractivity contribution >= 4 is 61.5 Å². The summed E-state index contributed by atoms with van der Waals surface area (Å²) in [6, 6.07) is 60.6. The van der Waals surface area contributed by atoms with Crippen LogP contribution in [0.1, 0.15) is 22.8 Å². The first-order chi connectivity index (χ1) is 24.2. The van der Waals surface area contributed by atoms with Gasteiger partial charge in [0.2, 0.25) is 0 Å². The van der Waals surface area contributed by atoms with Crippen LogP contribution in [0.2, 0.25) is 0 Å². The fourth-order valence-corrected chi connectivity index (χ4v) is 16.1. The molecule has 0 atom stereocenters. The van der Waals surface area contributed by atoms with Crippen LogP contribution >= 0.6 is 0 Å². The molecule has 0 radical (unpaired) electrons. The van der Waals surface area contributed by atoms with Gasteiger partial charge in [-0.25, -0.2) is 9.97 Å². The molecule has 0 spiro atoms. The van der Waals surface area contributed by atoms with Gasteiger partial charge in [-0.05, 0) is 72.8 Å². The summed E-state index contributed by atoms with van der Waals surface area (Å²) in [6.45, 7) is 0. The van der Waals surface area contributed by atoms with Crippen molar-refractivity contribution in [2.24, 2.45) is 0 Å². The molecule has 5 heteroatoms. The third-order valence-corrected chi connectivity index (χ3v) is 18.3. The standard InChI is InChI=1S/C20H14N4.4C6H5.Au/c1-2-14-10-16-5-6-18(23-16)12-20-8-7-19(24-20)11-17-4-3-15(22-17)9-13(1)21-14;4*1-2-4-6-5-3-1;/h1-12,21,24H;4*1-5H;. The van der Waals surface area contributed by atoms with Crippen molar-refractivity contribution in [2.75, 3.05) is 0 Å². The van der Waals surface area contributed by atoms with Gasteiger partial charge >= 0.3 is 154 Å². The van der Waals surface area contributed by atoms with Gasteiger partial charge in [-0.2, -0.15) is 0 Å². The molecule has 0 unspecified atom stereocenters. The van der Waals surface area contributed by atoms with Gasteiger partial charge in [-0.3, -0.25) is 0 Å². The number of aromatic amines is 2. The third-order valence-electron chi connectivity index (χ3n) is 7.92. The summed E-state index contributed by atoms with van der Waals surface area (Å²) in [6.07, 6.45) is 8.09. The number of hydrogen-bond donors (Lipinski definition) is 2. The van der Waals surface area contributed by atoms with Gasteiger partial charge < -0.3 is 9.97 Å². The van der Waals surface area contributed by atoms with Crippen LogP contribution in [0.5, 0.6) is 0 Å². The minimum atomic E-state index is -2.79. The molecular weight excluding hydrogens is 781 g/mol. The number of fused-ring (bicyclic) bond motifs is 8. The molecule has 5 heterocycles. The molecule has 8 bridgehead atoms. The molecule has 2 aliphatic rings. The molecule has 4 nitrogen and oxygen atoms in total. The molecule has 0 amide bonds. The van der Waals surface area contributed by atoms with Gasteiger partial charge in [0.25, 0.3) is 0 Å². The van der Waals surface area contributed by atoms with Gasteiger partial charge in [-0.1, -0.05) is 0 Å². The van der Waals surface area contributed by atoms with Crippen molar-refractivity contribution in [3.63, 3.8) is 0 Å². The first-order valence-corrected chi connectivity index (χ1v) is 20.4. The molecule has 3 aromatic heterocycles. The summed E-state index contributed by atoms with van der Waals surface area (Å²) >= 11 is -2.79. The maximum atomic E-state index is 4.63. The van der Waals surface area contributed by atoms with Gasteiger partial charge in [0.1, 0.15) is 0 Å². The summed E-state index contributed by atoms with van der Waals surface area (Å²) < 4.78 is 5.80. The summed E-state index contributed by atoms with van der Waals surface area (Å²) in [5.41, 5.74) is 7.86. The van der Waals surface area contributed by atoms with Gasteiger partial charge in [0.05, 0.1) is 22.8 Å². The Bertz CT molecular complexity index is 2090. The second-order valence-electron chi connectivity index (χ2n) is 11.4. The van der Waals surface area contributed by atoms with Crippen molar-refractivity contribution in [3.8, 4) is 0 Å². The zero-order chi connectivity index (χ0) is 32.9. The maximum absolute atomic E-state index is 4.63. The Balaban J connectivity index is 0.000000142. The van der Waals surface area contributed by atoms with Crippen LogP contribution in [0.25, 0.3) is 46.4 Å². The van der Waals surface area contributed by atoms with Crippen LogP contribution in [-0.4, -0.2) is 19.9 Å². The first-order valence-electron chi connectivity index (χ1n) is 16.1. The van der Waals surface area contributed by atoms with E-state index in [1.165, 1.54) is 15.1 Å². The van der Waals surface area contributed by atoms with Crippen molar-refractivity contribution < 1.29 is 17.1 Å². The van der Waals surface area contributed by atoms with Gasteiger partial charge in [0, 0.05) is 22.1 Å². The number of hydrogen-bond acceptors (Lipinski definition) is 2. The summed E-state index contributed by atoms with van der Waals surface area (Å²) in [7, 11) is 0. The van der Waals surface area contributed by atoms with E-state index in [9.17, 15) is 0 Å². The third kappa shape index (κ3) is 6.54. The van der Waals surface area contributed by atoms with Crippen molar-refractivity contribution in [1.82, 2.24) is 19.9 Å². The van der Waals surface area contributed by atoms with E-state index in [4.69, 9.17) is 0 Å². The monoisotopic (exact) mass is 815 g/mol. The van der Waals surface area contributed by atoms with E-state index in [2.05, 4.69) is 166 Å². The Morgan fingerprint density at radius 3 is 0.796 bits per heavy atom. The first kappa shape index (κ1) is 30.5. The topological polar surface area (TPSA) is 57.4 Å². The Hall–Kier alpha value is -5.78. The molecule has 0 saturated heterocycles. The quantitative estimate of drug-likeness (QED) is 0.177. The second-order valence-corrected chi connectivity index (χ2v) is 19.6. The SMILES string of the molecule is C1=Cc2cc3ccc(cc4nc(cc5ccc(cc1n2)[nH]5)C=C4)[nH]3.c1cc[c]([Au]([c]2ccccc2)([c]2ccccc2)[c]2ccccc2)cc1. The summed E-state index contributed by atoms with van der Waals surface area (Å²) in [5, 5.41) is 0. The van der Waals surface area contributed by atoms with Crippen LogP contribution in [0.3, 0.4) is 0 Å². The van der Waals surface area contributed by atoms with Crippen molar-refractivity contribution in [2.45, 2.75) is 0 Å². The van der Waals surface area contributed by atoms with Gasteiger partial charge in [-0.15, -0.1) is 0 Å². The zero-order valence-electron chi connectivity index (χ0n) is 26.7. The van der Waals surface area contributed by atoms with E-state index in [0.717, 1.165) is 44.8 Å². The average molecular weight is 816 g/mol. The van der Waals surface area contributed by atoms with Gasteiger partial charge in [0.15, 0.2) is 0 Å². The van der Waals surface area contributed by atoms with E-state index in [-0.39, 0.29) is 0 Å². The Morgan fingerprint density at radius 1 is 0.306 bits per heavy atom. The molecular formula is C44H34AuN4. The van der Waals surface area contributed by atoms with Crippen LogP contribution in [0, 0.1) is 0 Å². The van der Waals surface area contributed by atoms with Crippen LogP contribution in [-0.2, 0) is 17.1 Å². The molecule has 9 rings (SSSR count). The molecule has 0 aliphatic carbocycles. The molecule has 0 saturated carbocycles. The fourth-order valence-electron chi connectivity index (χ4n) is 5.75. The Morgan fingerprint density at radius 2 is 0.551 bits per heavy atom. The van der Waals surface area contributed by atoms with E-state index in [0.29, 0.717) is 0 Å².